The first-order valence-electron chi connectivity index (χ1n) is 5.77. The van der Waals surface area contributed by atoms with E-state index in [1.165, 1.54) is 0 Å². The molecule has 3 nitrogen and oxygen atoms in total. The third-order valence-corrected chi connectivity index (χ3v) is 3.62. The fourth-order valence-corrected chi connectivity index (χ4v) is 1.58. The van der Waals surface area contributed by atoms with Gasteiger partial charge in [0.25, 0.3) is 0 Å². The van der Waals surface area contributed by atoms with Crippen LogP contribution in [0, 0.1) is 5.41 Å². The summed E-state index contributed by atoms with van der Waals surface area (Å²) in [5.41, 5.74) is -1.27. The van der Waals surface area contributed by atoms with E-state index < -0.39 is 17.0 Å². The lowest BCUT2D eigenvalue weighted by molar-refractivity contribution is -0.163. The van der Waals surface area contributed by atoms with Gasteiger partial charge in [-0.2, -0.15) is 0 Å². The second-order valence-corrected chi connectivity index (χ2v) is 5.19. The lowest BCUT2D eigenvalue weighted by atomic mass is 9.73. The Morgan fingerprint density at radius 2 is 1.71 bits per heavy atom. The van der Waals surface area contributed by atoms with Gasteiger partial charge < -0.3 is 10.2 Å². The molecule has 0 aliphatic heterocycles. The molecule has 0 fully saturated rings. The predicted molar refractivity (Wildman–Crippen MR) is 66.8 cm³/mol. The molecular formula is C14H20O3. The van der Waals surface area contributed by atoms with E-state index in [4.69, 9.17) is 5.11 Å². The molecule has 2 N–H and O–H groups in total. The molecular weight excluding hydrogens is 216 g/mol. The predicted octanol–water partition coefficient (Wildman–Crippen LogP) is 2.48. The summed E-state index contributed by atoms with van der Waals surface area (Å²) in [7, 11) is 0. The van der Waals surface area contributed by atoms with E-state index in [0.717, 1.165) is 5.56 Å². The van der Waals surface area contributed by atoms with Crippen molar-refractivity contribution in [2.24, 2.45) is 5.41 Å². The van der Waals surface area contributed by atoms with Crippen molar-refractivity contribution in [1.82, 2.24) is 0 Å². The molecule has 0 spiro atoms. The van der Waals surface area contributed by atoms with Gasteiger partial charge in [0.1, 0.15) is 0 Å². The van der Waals surface area contributed by atoms with E-state index in [0.29, 0.717) is 12.8 Å². The zero-order chi connectivity index (χ0) is 13.1. The number of carbonyl (C=O) groups is 1. The highest BCUT2D eigenvalue weighted by Crippen LogP contribution is 2.34. The summed E-state index contributed by atoms with van der Waals surface area (Å²) in [6.45, 7) is 4.70. The van der Waals surface area contributed by atoms with Crippen molar-refractivity contribution in [3.05, 3.63) is 35.9 Å². The van der Waals surface area contributed by atoms with Crippen LogP contribution in [0.2, 0.25) is 0 Å². The fraction of sp³-hybridized carbons (Fsp3) is 0.500. The third-order valence-electron chi connectivity index (χ3n) is 3.62. The number of aliphatic carboxylic acids is 1. The Balaban J connectivity index is 2.71. The molecule has 0 amide bonds. The highest BCUT2D eigenvalue weighted by atomic mass is 16.4. The number of aryl methyl sites for hydroxylation is 1. The maximum Gasteiger partial charge on any atom is 0.311 e. The molecule has 1 atom stereocenters. The van der Waals surface area contributed by atoms with Crippen molar-refractivity contribution in [3.63, 3.8) is 0 Å². The van der Waals surface area contributed by atoms with E-state index >= 15 is 0 Å². The standard InChI is InChI=1S/C14H20O3/c1-13(2,12(15)16)14(3,17)10-9-11-7-5-4-6-8-11/h4-8,17H,9-10H2,1-3H3,(H,15,16). The highest BCUT2D eigenvalue weighted by molar-refractivity contribution is 5.75. The molecule has 17 heavy (non-hydrogen) atoms. The molecule has 0 saturated heterocycles. The smallest absolute Gasteiger partial charge is 0.311 e. The second kappa shape index (κ2) is 4.88. The van der Waals surface area contributed by atoms with Gasteiger partial charge in [-0.3, -0.25) is 4.79 Å². The van der Waals surface area contributed by atoms with Gasteiger partial charge in [-0.1, -0.05) is 30.3 Å². The summed E-state index contributed by atoms with van der Waals surface area (Å²) in [4.78, 5) is 11.1. The van der Waals surface area contributed by atoms with E-state index in [1.54, 1.807) is 20.8 Å². The molecule has 0 saturated carbocycles. The maximum atomic E-state index is 11.1. The summed E-state index contributed by atoms with van der Waals surface area (Å²) in [5, 5.41) is 19.4. The molecule has 0 aliphatic carbocycles. The van der Waals surface area contributed by atoms with E-state index in [9.17, 15) is 9.90 Å². The Kier molecular flexibility index (Phi) is 3.94. The molecule has 1 rings (SSSR count). The van der Waals surface area contributed by atoms with Crippen LogP contribution in [0.5, 0.6) is 0 Å². The van der Waals surface area contributed by atoms with Gasteiger partial charge in [0.15, 0.2) is 0 Å². The van der Waals surface area contributed by atoms with Crippen LogP contribution in [0.1, 0.15) is 32.8 Å². The molecule has 0 radical (unpaired) electrons. The minimum Gasteiger partial charge on any atom is -0.481 e. The molecule has 1 aromatic rings. The van der Waals surface area contributed by atoms with E-state index in [1.807, 2.05) is 30.3 Å². The number of carboxylic acid groups (broad SMARTS) is 1. The first-order valence-corrected chi connectivity index (χ1v) is 5.77. The van der Waals surface area contributed by atoms with E-state index in [-0.39, 0.29) is 0 Å². The fourth-order valence-electron chi connectivity index (χ4n) is 1.58. The quantitative estimate of drug-likeness (QED) is 0.825. The van der Waals surface area contributed by atoms with Gasteiger partial charge in [0.05, 0.1) is 11.0 Å². The molecule has 1 aromatic carbocycles. The van der Waals surface area contributed by atoms with Crippen LogP contribution in [-0.2, 0) is 11.2 Å². The second-order valence-electron chi connectivity index (χ2n) is 5.19. The van der Waals surface area contributed by atoms with Crippen LogP contribution in [-0.4, -0.2) is 21.8 Å². The van der Waals surface area contributed by atoms with Crippen molar-refractivity contribution in [2.75, 3.05) is 0 Å². The first-order chi connectivity index (χ1) is 7.77. The average Bonchev–Trinajstić information content (AvgIpc) is 2.27. The normalized spacial score (nSPS) is 15.3. The van der Waals surface area contributed by atoms with Crippen LogP contribution in [0.4, 0.5) is 0 Å². The van der Waals surface area contributed by atoms with Gasteiger partial charge in [-0.05, 0) is 39.2 Å². The van der Waals surface area contributed by atoms with Gasteiger partial charge in [-0.15, -0.1) is 0 Å². The number of hydrogen-bond acceptors (Lipinski definition) is 2. The number of hydrogen-bond donors (Lipinski definition) is 2. The topological polar surface area (TPSA) is 57.5 Å². The largest absolute Gasteiger partial charge is 0.481 e. The lowest BCUT2D eigenvalue weighted by Gasteiger charge is -2.36. The van der Waals surface area contributed by atoms with Crippen molar-refractivity contribution in [2.45, 2.75) is 39.2 Å². The molecule has 0 aromatic heterocycles. The third kappa shape index (κ3) is 3.07. The van der Waals surface area contributed by atoms with E-state index in [2.05, 4.69) is 0 Å². The van der Waals surface area contributed by atoms with Crippen LogP contribution < -0.4 is 0 Å². The van der Waals surface area contributed by atoms with Crippen LogP contribution in [0.25, 0.3) is 0 Å². The summed E-state index contributed by atoms with van der Waals surface area (Å²) in [6.07, 6.45) is 1.10. The number of aliphatic hydroxyl groups is 1. The monoisotopic (exact) mass is 236 g/mol. The SMILES string of the molecule is CC(O)(CCc1ccccc1)C(C)(C)C(=O)O. The number of carboxylic acids is 1. The van der Waals surface area contributed by atoms with Crippen molar-refractivity contribution < 1.29 is 15.0 Å². The van der Waals surface area contributed by atoms with Crippen molar-refractivity contribution >= 4 is 5.97 Å². The highest BCUT2D eigenvalue weighted by Gasteiger charge is 2.45. The van der Waals surface area contributed by atoms with Crippen molar-refractivity contribution in [3.8, 4) is 0 Å². The molecule has 1 unspecified atom stereocenters. The van der Waals surface area contributed by atoms with Gasteiger partial charge >= 0.3 is 5.97 Å². The summed E-state index contributed by atoms with van der Waals surface area (Å²) in [5.74, 6) is -0.976. The molecule has 0 aliphatic rings. The number of rotatable bonds is 5. The number of benzene rings is 1. The minimum atomic E-state index is -1.23. The van der Waals surface area contributed by atoms with Gasteiger partial charge in [0.2, 0.25) is 0 Å². The minimum absolute atomic E-state index is 0.427. The Morgan fingerprint density at radius 3 is 2.18 bits per heavy atom. The van der Waals surface area contributed by atoms with Crippen LogP contribution in [0.15, 0.2) is 30.3 Å². The molecule has 3 heteroatoms. The molecule has 94 valence electrons. The van der Waals surface area contributed by atoms with Crippen molar-refractivity contribution in [1.29, 1.82) is 0 Å². The Bertz CT molecular complexity index is 380. The summed E-state index contributed by atoms with van der Waals surface area (Å²) >= 11 is 0. The molecule has 0 bridgehead atoms. The first kappa shape index (κ1) is 13.7. The zero-order valence-electron chi connectivity index (χ0n) is 10.6. The zero-order valence-corrected chi connectivity index (χ0v) is 10.6. The van der Waals surface area contributed by atoms with Gasteiger partial charge in [0, 0.05) is 0 Å². The molecule has 0 heterocycles. The summed E-state index contributed by atoms with van der Waals surface area (Å²) < 4.78 is 0. The maximum absolute atomic E-state index is 11.1. The lowest BCUT2D eigenvalue weighted by Crippen LogP contribution is -2.47. The Hall–Kier alpha value is -1.35. The summed E-state index contributed by atoms with van der Waals surface area (Å²) in [6, 6.07) is 9.76. The Morgan fingerprint density at radius 1 is 1.18 bits per heavy atom. The van der Waals surface area contributed by atoms with Crippen LogP contribution >= 0.6 is 0 Å². The van der Waals surface area contributed by atoms with Gasteiger partial charge in [-0.25, -0.2) is 0 Å². The van der Waals surface area contributed by atoms with Crippen LogP contribution in [0.3, 0.4) is 0 Å². The average molecular weight is 236 g/mol. The Labute approximate surface area is 102 Å².